The van der Waals surface area contributed by atoms with E-state index in [0.29, 0.717) is 12.3 Å². The van der Waals surface area contributed by atoms with E-state index in [1.165, 1.54) is 6.33 Å². The first-order valence-corrected chi connectivity index (χ1v) is 8.28. The summed E-state index contributed by atoms with van der Waals surface area (Å²) in [6, 6.07) is 12.2. The summed E-state index contributed by atoms with van der Waals surface area (Å²) in [6.45, 7) is 4.72. The summed E-state index contributed by atoms with van der Waals surface area (Å²) in [6.07, 6.45) is 4.35. The summed E-state index contributed by atoms with van der Waals surface area (Å²) in [5, 5.41) is 12.2. The van der Waals surface area contributed by atoms with Crippen molar-refractivity contribution in [3.63, 3.8) is 0 Å². The van der Waals surface area contributed by atoms with E-state index >= 15 is 0 Å². The molecular formula is C18H19N7. The van der Waals surface area contributed by atoms with Gasteiger partial charge in [-0.3, -0.25) is 0 Å². The van der Waals surface area contributed by atoms with Crippen LogP contribution in [0.5, 0.6) is 0 Å². The third-order valence-electron chi connectivity index (χ3n) is 4.09. The van der Waals surface area contributed by atoms with Gasteiger partial charge in [-0.25, -0.2) is 9.67 Å². The molecule has 3 heterocycles. The van der Waals surface area contributed by atoms with Crippen molar-refractivity contribution < 1.29 is 0 Å². The monoisotopic (exact) mass is 333 g/mol. The Labute approximate surface area is 145 Å². The molecule has 4 rings (SSSR count). The maximum atomic E-state index is 4.52. The lowest BCUT2D eigenvalue weighted by atomic mass is 10.2. The molecule has 0 saturated heterocycles. The number of rotatable bonds is 5. The zero-order chi connectivity index (χ0) is 17.2. The first-order chi connectivity index (χ1) is 12.2. The molecule has 0 aliphatic rings. The quantitative estimate of drug-likeness (QED) is 0.608. The normalized spacial score (nSPS) is 11.1. The Morgan fingerprint density at radius 3 is 2.84 bits per heavy atom. The molecule has 0 amide bonds. The summed E-state index contributed by atoms with van der Waals surface area (Å²) < 4.78 is 3.63. The molecule has 0 aliphatic heterocycles. The molecule has 25 heavy (non-hydrogen) atoms. The lowest BCUT2D eigenvalue weighted by molar-refractivity contribution is 0.844. The Bertz CT molecular complexity index is 1020. The average Bonchev–Trinajstić information content (AvgIpc) is 3.28. The first kappa shape index (κ1) is 15.3. The minimum absolute atomic E-state index is 0.609. The van der Waals surface area contributed by atoms with Crippen molar-refractivity contribution in [2.24, 2.45) is 0 Å². The number of hydrogen-bond donors (Lipinski definition) is 1. The number of aromatic nitrogens is 6. The second-order valence-corrected chi connectivity index (χ2v) is 5.84. The molecule has 7 nitrogen and oxygen atoms in total. The predicted molar refractivity (Wildman–Crippen MR) is 95.8 cm³/mol. The van der Waals surface area contributed by atoms with Crippen LogP contribution in [0.1, 0.15) is 23.9 Å². The lowest BCUT2D eigenvalue weighted by Gasteiger charge is -2.13. The van der Waals surface area contributed by atoms with Crippen LogP contribution in [0.2, 0.25) is 0 Å². The van der Waals surface area contributed by atoms with Gasteiger partial charge in [0.1, 0.15) is 12.1 Å². The third kappa shape index (κ3) is 2.96. The zero-order valence-corrected chi connectivity index (χ0v) is 14.2. The van der Waals surface area contributed by atoms with Gasteiger partial charge in [0.05, 0.1) is 11.4 Å². The molecule has 0 radical (unpaired) electrons. The van der Waals surface area contributed by atoms with E-state index in [1.54, 1.807) is 4.52 Å². The highest BCUT2D eigenvalue weighted by Gasteiger charge is 2.09. The van der Waals surface area contributed by atoms with Crippen LogP contribution in [-0.4, -0.2) is 29.4 Å². The molecular weight excluding hydrogens is 314 g/mol. The lowest BCUT2D eigenvalue weighted by Crippen LogP contribution is -2.10. The third-order valence-corrected chi connectivity index (χ3v) is 4.09. The van der Waals surface area contributed by atoms with Crippen molar-refractivity contribution in [3.05, 3.63) is 65.9 Å². The van der Waals surface area contributed by atoms with Crippen LogP contribution in [0, 0.1) is 6.92 Å². The summed E-state index contributed by atoms with van der Waals surface area (Å²) in [7, 11) is 0. The Hall–Kier alpha value is -3.22. The largest absolute Gasteiger partial charge is 0.366 e. The highest BCUT2D eigenvalue weighted by atomic mass is 15.4. The molecule has 0 unspecified atom stereocenters. The number of nitrogens with one attached hydrogen (secondary N) is 1. The molecule has 0 saturated carbocycles. The zero-order valence-electron chi connectivity index (χ0n) is 14.2. The fourth-order valence-electron chi connectivity index (χ4n) is 2.79. The number of anilines is 1. The van der Waals surface area contributed by atoms with Crippen molar-refractivity contribution in [3.8, 4) is 5.69 Å². The van der Waals surface area contributed by atoms with Crippen molar-refractivity contribution in [2.45, 2.75) is 26.8 Å². The van der Waals surface area contributed by atoms with Gasteiger partial charge in [0.2, 0.25) is 0 Å². The van der Waals surface area contributed by atoms with Gasteiger partial charge in [-0.2, -0.15) is 19.7 Å². The van der Waals surface area contributed by atoms with Crippen LogP contribution in [-0.2, 0) is 13.0 Å². The fraction of sp³-hybridized carbons (Fsp3) is 0.222. The van der Waals surface area contributed by atoms with Gasteiger partial charge in [-0.15, -0.1) is 0 Å². The van der Waals surface area contributed by atoms with E-state index in [4.69, 9.17) is 0 Å². The summed E-state index contributed by atoms with van der Waals surface area (Å²) >= 11 is 0. The summed E-state index contributed by atoms with van der Waals surface area (Å²) in [5.74, 6) is 1.49. The van der Waals surface area contributed by atoms with Crippen LogP contribution >= 0.6 is 0 Å². The SMILES string of the molecule is CCc1cc(NCc2ccccc2-n2ccc(C)n2)n2ncnc2n1. The van der Waals surface area contributed by atoms with Gasteiger partial charge < -0.3 is 5.32 Å². The highest BCUT2D eigenvalue weighted by Crippen LogP contribution is 2.17. The summed E-state index contributed by atoms with van der Waals surface area (Å²) in [5.41, 5.74) is 4.18. The first-order valence-electron chi connectivity index (χ1n) is 8.28. The van der Waals surface area contributed by atoms with E-state index in [1.807, 2.05) is 42.1 Å². The molecule has 4 aromatic rings. The van der Waals surface area contributed by atoms with Crippen LogP contribution in [0.15, 0.2) is 48.9 Å². The molecule has 0 bridgehead atoms. The van der Waals surface area contributed by atoms with Crippen molar-refractivity contribution >= 4 is 11.6 Å². The average molecular weight is 333 g/mol. The molecule has 7 heteroatoms. The number of hydrogen-bond acceptors (Lipinski definition) is 5. The maximum absolute atomic E-state index is 4.52. The number of nitrogens with zero attached hydrogens (tertiary/aromatic N) is 6. The Morgan fingerprint density at radius 2 is 2.04 bits per heavy atom. The Morgan fingerprint density at radius 1 is 1.16 bits per heavy atom. The second-order valence-electron chi connectivity index (χ2n) is 5.84. The Balaban J connectivity index is 1.65. The van der Waals surface area contributed by atoms with Gasteiger partial charge in [0.25, 0.3) is 5.78 Å². The number of fused-ring (bicyclic) bond motifs is 1. The van der Waals surface area contributed by atoms with E-state index in [0.717, 1.165) is 34.9 Å². The Kier molecular flexibility index (Phi) is 3.89. The van der Waals surface area contributed by atoms with Gasteiger partial charge in [0, 0.05) is 24.5 Å². The standard InChI is InChI=1S/C18H19N7/c1-3-15-10-17(25-18(22-15)20-12-21-25)19-11-14-6-4-5-7-16(14)24-9-8-13(2)23-24/h4-10,12,19H,3,11H2,1-2H3. The maximum Gasteiger partial charge on any atom is 0.254 e. The second kappa shape index (κ2) is 6.35. The summed E-state index contributed by atoms with van der Waals surface area (Å²) in [4.78, 5) is 8.67. The van der Waals surface area contributed by atoms with Gasteiger partial charge in [0.15, 0.2) is 0 Å². The van der Waals surface area contributed by atoms with E-state index < -0.39 is 0 Å². The van der Waals surface area contributed by atoms with Crippen LogP contribution in [0.4, 0.5) is 5.82 Å². The minimum Gasteiger partial charge on any atom is -0.366 e. The topological polar surface area (TPSA) is 72.9 Å². The van der Waals surface area contributed by atoms with Crippen molar-refractivity contribution in [1.82, 2.24) is 29.4 Å². The number of para-hydroxylation sites is 1. The van der Waals surface area contributed by atoms with Crippen LogP contribution < -0.4 is 5.32 Å². The molecule has 126 valence electrons. The molecule has 0 spiro atoms. The number of benzene rings is 1. The molecule has 0 aliphatic carbocycles. The van der Waals surface area contributed by atoms with Gasteiger partial charge in [-0.05, 0) is 31.0 Å². The molecule has 0 atom stereocenters. The fourth-order valence-corrected chi connectivity index (χ4v) is 2.79. The minimum atomic E-state index is 0.609. The van der Waals surface area contributed by atoms with E-state index in [9.17, 15) is 0 Å². The predicted octanol–water partition coefficient (Wildman–Crippen LogP) is 2.79. The molecule has 3 aromatic heterocycles. The van der Waals surface area contributed by atoms with Crippen LogP contribution in [0.3, 0.4) is 0 Å². The number of aryl methyl sites for hydroxylation is 2. The smallest absolute Gasteiger partial charge is 0.254 e. The van der Waals surface area contributed by atoms with Crippen molar-refractivity contribution in [2.75, 3.05) is 5.32 Å². The van der Waals surface area contributed by atoms with Crippen molar-refractivity contribution in [1.29, 1.82) is 0 Å². The van der Waals surface area contributed by atoms with Gasteiger partial charge in [-0.1, -0.05) is 25.1 Å². The van der Waals surface area contributed by atoms with Gasteiger partial charge >= 0.3 is 0 Å². The molecule has 1 aromatic carbocycles. The van der Waals surface area contributed by atoms with E-state index in [-0.39, 0.29) is 0 Å². The molecule has 1 N–H and O–H groups in total. The highest BCUT2D eigenvalue weighted by molar-refractivity contribution is 5.48. The van der Waals surface area contributed by atoms with E-state index in [2.05, 4.69) is 44.5 Å². The molecule has 0 fully saturated rings. The van der Waals surface area contributed by atoms with Crippen LogP contribution in [0.25, 0.3) is 11.5 Å².